The van der Waals surface area contributed by atoms with Crippen molar-refractivity contribution < 1.29 is 4.74 Å². The van der Waals surface area contributed by atoms with E-state index in [4.69, 9.17) is 4.74 Å². The Labute approximate surface area is 73.2 Å². The Morgan fingerprint density at radius 2 is 2.33 bits per heavy atom. The summed E-state index contributed by atoms with van der Waals surface area (Å²) in [6, 6.07) is 0. The molecule has 0 aliphatic carbocycles. The maximum absolute atomic E-state index is 5.22. The lowest BCUT2D eigenvalue weighted by Gasteiger charge is -1.99. The van der Waals surface area contributed by atoms with Crippen molar-refractivity contribution in [1.29, 1.82) is 0 Å². The van der Waals surface area contributed by atoms with Crippen LogP contribution in [0.4, 0.5) is 0 Å². The molecule has 0 saturated carbocycles. The Bertz CT molecular complexity index is 230. The fourth-order valence-electron chi connectivity index (χ4n) is 0.944. The third kappa shape index (κ3) is 2.34. The van der Waals surface area contributed by atoms with Crippen LogP contribution in [0.15, 0.2) is 6.20 Å². The fourth-order valence-corrected chi connectivity index (χ4v) is 0.944. The van der Waals surface area contributed by atoms with E-state index >= 15 is 0 Å². The van der Waals surface area contributed by atoms with Gasteiger partial charge in [-0.2, -0.15) is 0 Å². The Hall–Kier alpha value is -0.830. The molecule has 3 heteroatoms. The van der Waals surface area contributed by atoms with E-state index in [2.05, 4.69) is 23.8 Å². The van der Waals surface area contributed by atoms with Crippen molar-refractivity contribution in [3.63, 3.8) is 0 Å². The zero-order valence-electron chi connectivity index (χ0n) is 7.92. The van der Waals surface area contributed by atoms with Gasteiger partial charge in [0.25, 0.3) is 0 Å². The average Bonchev–Trinajstić information content (AvgIpc) is 2.48. The van der Waals surface area contributed by atoms with E-state index < -0.39 is 0 Å². The number of hydrogen-bond donors (Lipinski definition) is 1. The smallest absolute Gasteiger partial charge is 0.132 e. The summed E-state index contributed by atoms with van der Waals surface area (Å²) in [7, 11) is 0. The second-order valence-corrected chi connectivity index (χ2v) is 3.08. The molecule has 68 valence electrons. The van der Waals surface area contributed by atoms with E-state index in [9.17, 15) is 0 Å². The van der Waals surface area contributed by atoms with Gasteiger partial charge in [0.05, 0.1) is 0 Å². The highest BCUT2D eigenvalue weighted by Gasteiger charge is 2.03. The van der Waals surface area contributed by atoms with Crippen molar-refractivity contribution in [2.45, 2.75) is 33.3 Å². The lowest BCUT2D eigenvalue weighted by atomic mass is 10.2. The highest BCUT2D eigenvalue weighted by atomic mass is 16.5. The molecule has 0 fully saturated rings. The van der Waals surface area contributed by atoms with Crippen molar-refractivity contribution in [1.82, 2.24) is 9.97 Å². The fraction of sp³-hybridized carbons (Fsp3) is 0.667. The third-order valence-electron chi connectivity index (χ3n) is 1.71. The zero-order valence-corrected chi connectivity index (χ0v) is 7.92. The van der Waals surface area contributed by atoms with E-state index in [1.54, 1.807) is 0 Å². The number of H-pyrrole nitrogens is 1. The number of aromatic nitrogens is 2. The van der Waals surface area contributed by atoms with Gasteiger partial charge in [-0.1, -0.05) is 13.8 Å². The number of ether oxygens (including phenoxy) is 1. The minimum atomic E-state index is 0.507. The molecule has 0 aliphatic heterocycles. The molecule has 1 aromatic heterocycles. The minimum Gasteiger partial charge on any atom is -0.374 e. The molecule has 1 N–H and O–H groups in total. The van der Waals surface area contributed by atoms with Gasteiger partial charge >= 0.3 is 0 Å². The highest BCUT2D eigenvalue weighted by molar-refractivity contribution is 5.04. The number of nitrogens with one attached hydrogen (secondary N) is 1. The topological polar surface area (TPSA) is 37.9 Å². The molecule has 0 bridgehead atoms. The largest absolute Gasteiger partial charge is 0.374 e. The number of rotatable bonds is 4. The van der Waals surface area contributed by atoms with Crippen molar-refractivity contribution in [2.75, 3.05) is 6.61 Å². The van der Waals surface area contributed by atoms with Crippen molar-refractivity contribution >= 4 is 0 Å². The van der Waals surface area contributed by atoms with E-state index in [-0.39, 0.29) is 0 Å². The van der Waals surface area contributed by atoms with E-state index in [0.717, 1.165) is 12.4 Å². The first-order chi connectivity index (χ1) is 5.74. The molecule has 0 spiro atoms. The average molecular weight is 168 g/mol. The molecule has 3 nitrogen and oxygen atoms in total. The van der Waals surface area contributed by atoms with Crippen LogP contribution >= 0.6 is 0 Å². The molecule has 1 heterocycles. The second-order valence-electron chi connectivity index (χ2n) is 3.08. The van der Waals surface area contributed by atoms with Crippen LogP contribution in [0.2, 0.25) is 0 Å². The van der Waals surface area contributed by atoms with E-state index in [1.165, 1.54) is 5.69 Å². The number of aromatic amines is 1. The molecule has 0 radical (unpaired) electrons. The zero-order chi connectivity index (χ0) is 8.97. The van der Waals surface area contributed by atoms with Crippen LogP contribution in [-0.2, 0) is 11.3 Å². The van der Waals surface area contributed by atoms with Crippen molar-refractivity contribution in [3.8, 4) is 0 Å². The van der Waals surface area contributed by atoms with Gasteiger partial charge < -0.3 is 9.72 Å². The predicted molar refractivity (Wildman–Crippen MR) is 48.0 cm³/mol. The van der Waals surface area contributed by atoms with Crippen molar-refractivity contribution in [2.24, 2.45) is 0 Å². The summed E-state index contributed by atoms with van der Waals surface area (Å²) in [4.78, 5) is 7.41. The Kier molecular flexibility index (Phi) is 3.29. The maximum Gasteiger partial charge on any atom is 0.132 e. The first kappa shape index (κ1) is 9.26. The molecule has 12 heavy (non-hydrogen) atoms. The van der Waals surface area contributed by atoms with Crippen LogP contribution in [0, 0.1) is 0 Å². The highest BCUT2D eigenvalue weighted by Crippen LogP contribution is 2.10. The summed E-state index contributed by atoms with van der Waals surface area (Å²) in [5.74, 6) is 1.42. The van der Waals surface area contributed by atoms with E-state index in [0.29, 0.717) is 12.5 Å². The summed E-state index contributed by atoms with van der Waals surface area (Å²) < 4.78 is 5.22. The van der Waals surface area contributed by atoms with Gasteiger partial charge in [-0.05, 0) is 12.8 Å². The molecule has 0 amide bonds. The van der Waals surface area contributed by atoms with Gasteiger partial charge in [0.15, 0.2) is 0 Å². The van der Waals surface area contributed by atoms with Gasteiger partial charge in [-0.15, -0.1) is 0 Å². The minimum absolute atomic E-state index is 0.507. The van der Waals surface area contributed by atoms with Gasteiger partial charge in [0.2, 0.25) is 0 Å². The predicted octanol–water partition coefficient (Wildman–Crippen LogP) is 2.07. The summed E-state index contributed by atoms with van der Waals surface area (Å²) in [6.45, 7) is 7.57. The first-order valence-electron chi connectivity index (χ1n) is 4.35. The molecule has 1 aromatic rings. The molecular formula is C9H16N2O. The van der Waals surface area contributed by atoms with Crippen LogP contribution in [0.3, 0.4) is 0 Å². The summed E-state index contributed by atoms with van der Waals surface area (Å²) in [6.07, 6.45) is 1.87. The van der Waals surface area contributed by atoms with Crippen LogP contribution in [0.1, 0.15) is 38.2 Å². The molecule has 0 aromatic carbocycles. The van der Waals surface area contributed by atoms with Gasteiger partial charge in [-0.3, -0.25) is 0 Å². The molecular weight excluding hydrogens is 152 g/mol. The van der Waals surface area contributed by atoms with Crippen LogP contribution in [0.5, 0.6) is 0 Å². The van der Waals surface area contributed by atoms with E-state index in [1.807, 2.05) is 13.1 Å². The Morgan fingerprint density at radius 1 is 1.58 bits per heavy atom. The van der Waals surface area contributed by atoms with Crippen LogP contribution in [-0.4, -0.2) is 16.6 Å². The Balaban J connectivity index is 2.52. The third-order valence-corrected chi connectivity index (χ3v) is 1.71. The van der Waals surface area contributed by atoms with Crippen LogP contribution in [0.25, 0.3) is 0 Å². The first-order valence-corrected chi connectivity index (χ1v) is 4.35. The summed E-state index contributed by atoms with van der Waals surface area (Å²) in [5.41, 5.74) is 1.17. The normalized spacial score (nSPS) is 11.0. The number of hydrogen-bond acceptors (Lipinski definition) is 2. The second kappa shape index (κ2) is 4.26. The van der Waals surface area contributed by atoms with Crippen LogP contribution < -0.4 is 0 Å². The maximum atomic E-state index is 5.22. The van der Waals surface area contributed by atoms with Gasteiger partial charge in [0, 0.05) is 18.5 Å². The standard InChI is InChI=1S/C9H16N2O/c1-4-12-6-9-10-5-8(11-9)7(2)3/h5,7H,4,6H2,1-3H3,(H,10,11). The molecule has 0 atom stereocenters. The summed E-state index contributed by atoms with van der Waals surface area (Å²) in [5, 5.41) is 0. The number of nitrogens with zero attached hydrogens (tertiary/aromatic N) is 1. The summed E-state index contributed by atoms with van der Waals surface area (Å²) >= 11 is 0. The molecule has 0 aliphatic rings. The molecule has 1 rings (SSSR count). The monoisotopic (exact) mass is 168 g/mol. The van der Waals surface area contributed by atoms with Gasteiger partial charge in [-0.25, -0.2) is 4.98 Å². The SMILES string of the molecule is CCOCc1ncc(C(C)C)[nH]1. The lowest BCUT2D eigenvalue weighted by molar-refractivity contribution is 0.129. The molecule has 0 saturated heterocycles. The Morgan fingerprint density at radius 3 is 2.83 bits per heavy atom. The lowest BCUT2D eigenvalue weighted by Crippen LogP contribution is -1.94. The van der Waals surface area contributed by atoms with Gasteiger partial charge in [0.1, 0.15) is 12.4 Å². The van der Waals surface area contributed by atoms with Crippen molar-refractivity contribution in [3.05, 3.63) is 17.7 Å². The number of imidazole rings is 1. The quantitative estimate of drug-likeness (QED) is 0.747. The molecule has 0 unspecified atom stereocenters.